The van der Waals surface area contributed by atoms with Crippen LogP contribution < -0.4 is 0 Å². The quantitative estimate of drug-likeness (QED) is 0.175. The van der Waals surface area contributed by atoms with E-state index in [0.29, 0.717) is 0 Å². The van der Waals surface area contributed by atoms with E-state index in [4.69, 9.17) is 20.0 Å². The number of benzene rings is 2. The van der Waals surface area contributed by atoms with Gasteiger partial charge in [0.05, 0.1) is 34.2 Å². The van der Waals surface area contributed by atoms with Crippen molar-refractivity contribution in [2.24, 2.45) is 9.98 Å². The molecule has 202 valence electrons. The van der Waals surface area contributed by atoms with Gasteiger partial charge in [-0.25, -0.2) is 9.97 Å². The van der Waals surface area contributed by atoms with E-state index in [9.17, 15) is 0 Å². The first-order chi connectivity index (χ1) is 20.8. The standard InChI is InChI=1S/C36H28N6/c1-3-13-27(14-4-1)35(39-25-29-17-11-21-33(41-29)31-19-7-9-23-37-31)36(28-15-5-2-6-16-28)40-26-30-18-12-22-34(42-30)32-20-8-10-24-38-32/h1-26,35-36H/t35-,36-/m1/s1. The molecule has 0 spiro atoms. The Bertz CT molecular complexity index is 1640. The monoisotopic (exact) mass is 544 g/mol. The average Bonchev–Trinajstić information content (AvgIpc) is 3.08. The molecule has 4 aromatic heterocycles. The third kappa shape index (κ3) is 6.57. The lowest BCUT2D eigenvalue weighted by Gasteiger charge is -2.22. The highest BCUT2D eigenvalue weighted by Crippen LogP contribution is 2.35. The fourth-order valence-electron chi connectivity index (χ4n) is 4.67. The molecule has 0 saturated heterocycles. The zero-order valence-electron chi connectivity index (χ0n) is 22.8. The van der Waals surface area contributed by atoms with Crippen molar-refractivity contribution in [2.75, 3.05) is 0 Å². The number of aliphatic imine (C=N–C) groups is 2. The Morgan fingerprint density at radius 2 is 0.810 bits per heavy atom. The smallest absolute Gasteiger partial charge is 0.101 e. The Balaban J connectivity index is 1.37. The van der Waals surface area contributed by atoms with Gasteiger partial charge >= 0.3 is 0 Å². The molecule has 0 aliphatic carbocycles. The van der Waals surface area contributed by atoms with Crippen LogP contribution in [0.5, 0.6) is 0 Å². The van der Waals surface area contributed by atoms with E-state index in [1.807, 2.05) is 122 Å². The molecule has 0 N–H and O–H groups in total. The highest BCUT2D eigenvalue weighted by Gasteiger charge is 2.23. The van der Waals surface area contributed by atoms with Gasteiger partial charge in [-0.1, -0.05) is 84.9 Å². The summed E-state index contributed by atoms with van der Waals surface area (Å²) in [4.78, 5) is 28.7. The van der Waals surface area contributed by atoms with E-state index >= 15 is 0 Å². The number of pyridine rings is 4. The van der Waals surface area contributed by atoms with Crippen LogP contribution >= 0.6 is 0 Å². The van der Waals surface area contributed by atoms with Gasteiger partial charge in [0.1, 0.15) is 12.1 Å². The van der Waals surface area contributed by atoms with Gasteiger partial charge in [0.25, 0.3) is 0 Å². The van der Waals surface area contributed by atoms with Crippen LogP contribution in [-0.2, 0) is 0 Å². The van der Waals surface area contributed by atoms with Gasteiger partial charge in [-0.2, -0.15) is 0 Å². The van der Waals surface area contributed by atoms with Gasteiger partial charge in [0.15, 0.2) is 0 Å². The first-order valence-electron chi connectivity index (χ1n) is 13.8. The van der Waals surface area contributed by atoms with Crippen molar-refractivity contribution in [3.05, 3.63) is 168 Å². The molecule has 6 rings (SSSR count). The SMILES string of the molecule is C(=N[C@H](c1ccccc1)[C@H](N=Cc1cccc(-c2ccccn2)n1)c1ccccc1)c1cccc(-c2ccccn2)n1. The molecule has 0 unspecified atom stereocenters. The number of rotatable bonds is 9. The fraction of sp³-hybridized carbons (Fsp3) is 0.0556. The molecule has 0 aliphatic heterocycles. The van der Waals surface area contributed by atoms with Gasteiger partial charge < -0.3 is 0 Å². The molecule has 0 radical (unpaired) electrons. The topological polar surface area (TPSA) is 76.3 Å². The minimum Gasteiger partial charge on any atom is -0.280 e. The second kappa shape index (κ2) is 13.2. The maximum atomic E-state index is 5.10. The number of aromatic nitrogens is 4. The molecule has 0 fully saturated rings. The molecule has 4 heterocycles. The maximum Gasteiger partial charge on any atom is 0.101 e. The molecule has 2 atom stereocenters. The molecule has 0 saturated carbocycles. The highest BCUT2D eigenvalue weighted by molar-refractivity contribution is 5.79. The largest absolute Gasteiger partial charge is 0.280 e. The summed E-state index contributed by atoms with van der Waals surface area (Å²) < 4.78 is 0. The molecule has 0 amide bonds. The van der Waals surface area contributed by atoms with Crippen molar-refractivity contribution in [3.8, 4) is 22.8 Å². The summed E-state index contributed by atoms with van der Waals surface area (Å²) in [6, 6.07) is 43.3. The third-order valence-corrected chi connectivity index (χ3v) is 6.71. The molecule has 42 heavy (non-hydrogen) atoms. The lowest BCUT2D eigenvalue weighted by atomic mass is 9.94. The van der Waals surface area contributed by atoms with Gasteiger partial charge in [-0.05, 0) is 59.7 Å². The summed E-state index contributed by atoms with van der Waals surface area (Å²) in [5.41, 5.74) is 6.84. The predicted octanol–water partition coefficient (Wildman–Crippen LogP) is 7.62. The van der Waals surface area contributed by atoms with E-state index in [1.54, 1.807) is 12.4 Å². The van der Waals surface area contributed by atoms with Crippen molar-refractivity contribution in [1.82, 2.24) is 19.9 Å². The lowest BCUT2D eigenvalue weighted by molar-refractivity contribution is 0.583. The van der Waals surface area contributed by atoms with E-state index in [-0.39, 0.29) is 12.1 Å². The summed E-state index contributed by atoms with van der Waals surface area (Å²) in [6.45, 7) is 0. The van der Waals surface area contributed by atoms with Crippen LogP contribution in [0, 0.1) is 0 Å². The Morgan fingerprint density at radius 1 is 0.405 bits per heavy atom. The van der Waals surface area contributed by atoms with Crippen molar-refractivity contribution in [2.45, 2.75) is 12.1 Å². The number of nitrogens with zero attached hydrogens (tertiary/aromatic N) is 6. The van der Waals surface area contributed by atoms with E-state index in [1.165, 1.54) is 0 Å². The van der Waals surface area contributed by atoms with Crippen LogP contribution in [0.1, 0.15) is 34.6 Å². The minimum atomic E-state index is -0.302. The molecule has 0 aliphatic rings. The first-order valence-corrected chi connectivity index (χ1v) is 13.8. The lowest BCUT2D eigenvalue weighted by Crippen LogP contribution is -2.09. The zero-order valence-corrected chi connectivity index (χ0v) is 22.8. The summed E-state index contributed by atoms with van der Waals surface area (Å²) >= 11 is 0. The second-order valence-electron chi connectivity index (χ2n) is 9.59. The maximum absolute atomic E-state index is 5.10. The molecule has 2 aromatic carbocycles. The Kier molecular flexibility index (Phi) is 8.33. The van der Waals surface area contributed by atoms with Crippen LogP contribution in [0.2, 0.25) is 0 Å². The summed E-state index contributed by atoms with van der Waals surface area (Å²) in [5, 5.41) is 0. The average molecular weight is 545 g/mol. The fourth-order valence-corrected chi connectivity index (χ4v) is 4.67. The summed E-state index contributed by atoms with van der Waals surface area (Å²) in [5.74, 6) is 0. The van der Waals surface area contributed by atoms with E-state index < -0.39 is 0 Å². The van der Waals surface area contributed by atoms with Crippen LogP contribution in [0.3, 0.4) is 0 Å². The molecular weight excluding hydrogens is 516 g/mol. The van der Waals surface area contributed by atoms with Crippen LogP contribution in [0.25, 0.3) is 22.8 Å². The number of hydrogen-bond acceptors (Lipinski definition) is 6. The Labute approximate surface area is 245 Å². The van der Waals surface area contributed by atoms with Crippen molar-refractivity contribution < 1.29 is 0 Å². The molecule has 0 bridgehead atoms. The molecular formula is C36H28N6. The van der Waals surface area contributed by atoms with Crippen molar-refractivity contribution in [3.63, 3.8) is 0 Å². The van der Waals surface area contributed by atoms with Gasteiger partial charge in [0.2, 0.25) is 0 Å². The Hall–Kier alpha value is -5.62. The van der Waals surface area contributed by atoms with Crippen LogP contribution in [0.15, 0.2) is 156 Å². The minimum absolute atomic E-state index is 0.302. The third-order valence-electron chi connectivity index (χ3n) is 6.71. The van der Waals surface area contributed by atoms with E-state index in [0.717, 1.165) is 45.3 Å². The zero-order chi connectivity index (χ0) is 28.4. The predicted molar refractivity (Wildman–Crippen MR) is 168 cm³/mol. The van der Waals surface area contributed by atoms with E-state index in [2.05, 4.69) is 34.2 Å². The van der Waals surface area contributed by atoms with Crippen LogP contribution in [0.4, 0.5) is 0 Å². The van der Waals surface area contributed by atoms with Crippen molar-refractivity contribution >= 4 is 12.4 Å². The van der Waals surface area contributed by atoms with Crippen LogP contribution in [-0.4, -0.2) is 32.4 Å². The number of hydrogen-bond donors (Lipinski definition) is 0. The molecule has 6 aromatic rings. The highest BCUT2D eigenvalue weighted by atomic mass is 14.9. The van der Waals surface area contributed by atoms with Gasteiger partial charge in [-0.15, -0.1) is 0 Å². The normalized spacial score (nSPS) is 12.9. The van der Waals surface area contributed by atoms with Crippen molar-refractivity contribution in [1.29, 1.82) is 0 Å². The summed E-state index contributed by atoms with van der Waals surface area (Å²) in [7, 11) is 0. The van der Waals surface area contributed by atoms with Gasteiger partial charge in [-0.3, -0.25) is 20.0 Å². The molecule has 6 heteroatoms. The molecule has 6 nitrogen and oxygen atoms in total. The van der Waals surface area contributed by atoms with Gasteiger partial charge in [0, 0.05) is 24.8 Å². The first kappa shape index (κ1) is 26.6. The Morgan fingerprint density at radius 3 is 1.21 bits per heavy atom. The second-order valence-corrected chi connectivity index (χ2v) is 9.59. The summed E-state index contributed by atoms with van der Waals surface area (Å²) in [6.07, 6.45) is 7.20.